The number of carbonyl (C=O) groups is 1. The number of aromatic nitrogens is 2. The van der Waals surface area contributed by atoms with Crippen molar-refractivity contribution in [1.29, 1.82) is 0 Å². The highest BCUT2D eigenvalue weighted by molar-refractivity contribution is 5.58. The monoisotopic (exact) mass is 200 g/mol. The molecule has 0 amide bonds. The van der Waals surface area contributed by atoms with Crippen LogP contribution in [0.15, 0.2) is 42.6 Å². The Bertz CT molecular complexity index is 415. The van der Waals surface area contributed by atoms with Crippen LogP contribution in [0.1, 0.15) is 5.56 Å². The van der Waals surface area contributed by atoms with Crippen molar-refractivity contribution in [3.05, 3.63) is 48.2 Å². The fourth-order valence-corrected chi connectivity index (χ4v) is 1.21. The van der Waals surface area contributed by atoms with Crippen LogP contribution in [-0.4, -0.2) is 17.0 Å². The van der Waals surface area contributed by atoms with E-state index in [1.807, 2.05) is 50.1 Å². The minimum Gasteiger partial charge on any atom is -0.307 e. The molecular formula is C12H12N2O. The van der Waals surface area contributed by atoms with E-state index in [1.54, 1.807) is 6.20 Å². The second kappa shape index (κ2) is 5.65. The molecule has 0 unspecified atom stereocenters. The molecule has 2 rings (SSSR count). The fraction of sp³-hybridized carbons (Fsp3) is 0.0833. The van der Waals surface area contributed by atoms with E-state index >= 15 is 0 Å². The average Bonchev–Trinajstić information content (AvgIpc) is 2.33. The lowest BCUT2D eigenvalue weighted by Crippen LogP contribution is -1.87. The minimum atomic E-state index is 0.931. The molecule has 1 aromatic carbocycles. The molecule has 1 aromatic heterocycles. The molecular weight excluding hydrogens is 188 g/mol. The van der Waals surface area contributed by atoms with Gasteiger partial charge in [0.05, 0.1) is 11.9 Å². The maximum Gasteiger partial charge on any atom is 0.106 e. The van der Waals surface area contributed by atoms with E-state index in [0.717, 1.165) is 16.8 Å². The number of rotatable bonds is 1. The lowest BCUT2D eigenvalue weighted by atomic mass is 10.1. The number of nitrogens with zero attached hydrogens (tertiary/aromatic N) is 2. The third-order valence-electron chi connectivity index (χ3n) is 1.86. The van der Waals surface area contributed by atoms with Gasteiger partial charge in [0, 0.05) is 5.56 Å². The predicted molar refractivity (Wildman–Crippen MR) is 59.3 cm³/mol. The molecule has 0 spiro atoms. The quantitative estimate of drug-likeness (QED) is 0.709. The van der Waals surface area contributed by atoms with Gasteiger partial charge >= 0.3 is 0 Å². The molecule has 0 aliphatic carbocycles. The maximum atomic E-state index is 8.00. The summed E-state index contributed by atoms with van der Waals surface area (Å²) in [6, 6.07) is 12.1. The van der Waals surface area contributed by atoms with E-state index in [9.17, 15) is 0 Å². The van der Waals surface area contributed by atoms with Crippen molar-refractivity contribution in [3.8, 4) is 11.3 Å². The van der Waals surface area contributed by atoms with Crippen molar-refractivity contribution in [2.45, 2.75) is 6.92 Å². The van der Waals surface area contributed by atoms with E-state index < -0.39 is 0 Å². The molecule has 0 bridgehead atoms. The SMILES string of the molecule is C=O.Cc1cnnc(-c2ccccc2)c1. The summed E-state index contributed by atoms with van der Waals surface area (Å²) in [6.45, 7) is 4.02. The van der Waals surface area contributed by atoms with Crippen LogP contribution in [0.25, 0.3) is 11.3 Å². The van der Waals surface area contributed by atoms with Gasteiger partial charge in [-0.15, -0.1) is 0 Å². The third kappa shape index (κ3) is 2.98. The molecule has 0 radical (unpaired) electrons. The third-order valence-corrected chi connectivity index (χ3v) is 1.86. The van der Waals surface area contributed by atoms with Gasteiger partial charge in [0.15, 0.2) is 0 Å². The smallest absolute Gasteiger partial charge is 0.106 e. The Morgan fingerprint density at radius 2 is 1.80 bits per heavy atom. The molecule has 0 saturated carbocycles. The highest BCUT2D eigenvalue weighted by Gasteiger charge is 1.97. The van der Waals surface area contributed by atoms with Crippen molar-refractivity contribution < 1.29 is 4.79 Å². The largest absolute Gasteiger partial charge is 0.307 e. The van der Waals surface area contributed by atoms with Crippen LogP contribution < -0.4 is 0 Å². The first-order valence-electron chi connectivity index (χ1n) is 4.50. The van der Waals surface area contributed by atoms with Crippen LogP contribution in [0.5, 0.6) is 0 Å². The topological polar surface area (TPSA) is 42.9 Å². The van der Waals surface area contributed by atoms with Crippen LogP contribution in [-0.2, 0) is 4.79 Å². The molecule has 0 N–H and O–H groups in total. The summed E-state index contributed by atoms with van der Waals surface area (Å²) in [7, 11) is 0. The molecule has 0 atom stereocenters. The molecule has 15 heavy (non-hydrogen) atoms. The fourth-order valence-electron chi connectivity index (χ4n) is 1.21. The number of aryl methyl sites for hydroxylation is 1. The van der Waals surface area contributed by atoms with Crippen LogP contribution in [0.3, 0.4) is 0 Å². The lowest BCUT2D eigenvalue weighted by molar-refractivity contribution is -0.0979. The normalized spacial score (nSPS) is 8.87. The summed E-state index contributed by atoms with van der Waals surface area (Å²) in [5, 5.41) is 7.97. The molecule has 76 valence electrons. The number of hydrogen-bond acceptors (Lipinski definition) is 3. The molecule has 3 heteroatoms. The van der Waals surface area contributed by atoms with Crippen LogP contribution in [0, 0.1) is 6.92 Å². The van der Waals surface area contributed by atoms with E-state index in [2.05, 4.69) is 10.2 Å². The highest BCUT2D eigenvalue weighted by atomic mass is 16.1. The highest BCUT2D eigenvalue weighted by Crippen LogP contribution is 2.15. The van der Waals surface area contributed by atoms with Crippen LogP contribution >= 0.6 is 0 Å². The standard InChI is InChI=1S/C11H10N2.CH2O/c1-9-7-11(13-12-8-9)10-5-3-2-4-6-10;1-2/h2-8H,1H3;1H2. The van der Waals surface area contributed by atoms with E-state index in [-0.39, 0.29) is 0 Å². The molecule has 3 nitrogen and oxygen atoms in total. The second-order valence-corrected chi connectivity index (χ2v) is 2.98. The van der Waals surface area contributed by atoms with Gasteiger partial charge in [-0.05, 0) is 18.6 Å². The van der Waals surface area contributed by atoms with Gasteiger partial charge in [-0.2, -0.15) is 10.2 Å². The second-order valence-electron chi connectivity index (χ2n) is 2.98. The maximum absolute atomic E-state index is 8.00. The lowest BCUT2D eigenvalue weighted by Gasteiger charge is -1.99. The number of carbonyl (C=O) groups excluding carboxylic acids is 1. The van der Waals surface area contributed by atoms with Gasteiger partial charge in [0.25, 0.3) is 0 Å². The summed E-state index contributed by atoms with van der Waals surface area (Å²) >= 11 is 0. The zero-order valence-electron chi connectivity index (χ0n) is 8.55. The van der Waals surface area contributed by atoms with Crippen LogP contribution in [0.4, 0.5) is 0 Å². The van der Waals surface area contributed by atoms with Crippen LogP contribution in [0.2, 0.25) is 0 Å². The molecule has 0 aliphatic heterocycles. The molecule has 2 aromatic rings. The van der Waals surface area contributed by atoms with Crippen molar-refractivity contribution in [3.63, 3.8) is 0 Å². The molecule has 0 aliphatic rings. The Labute approximate surface area is 88.8 Å². The van der Waals surface area contributed by atoms with Crippen molar-refractivity contribution in [2.24, 2.45) is 0 Å². The predicted octanol–water partition coefficient (Wildman–Crippen LogP) is 2.27. The Balaban J connectivity index is 0.000000531. The Hall–Kier alpha value is -2.03. The van der Waals surface area contributed by atoms with Crippen molar-refractivity contribution in [2.75, 3.05) is 0 Å². The van der Waals surface area contributed by atoms with Crippen molar-refractivity contribution >= 4 is 6.79 Å². The number of hydrogen-bond donors (Lipinski definition) is 0. The number of benzene rings is 1. The van der Waals surface area contributed by atoms with Gasteiger partial charge in [-0.25, -0.2) is 0 Å². The van der Waals surface area contributed by atoms with Gasteiger partial charge < -0.3 is 4.79 Å². The molecule has 0 fully saturated rings. The van der Waals surface area contributed by atoms with E-state index in [1.165, 1.54) is 0 Å². The van der Waals surface area contributed by atoms with Crippen molar-refractivity contribution in [1.82, 2.24) is 10.2 Å². The summed E-state index contributed by atoms with van der Waals surface area (Å²) in [5.74, 6) is 0. The van der Waals surface area contributed by atoms with E-state index in [4.69, 9.17) is 4.79 Å². The Morgan fingerprint density at radius 1 is 1.13 bits per heavy atom. The summed E-state index contributed by atoms with van der Waals surface area (Å²) < 4.78 is 0. The van der Waals surface area contributed by atoms with Gasteiger partial charge in [0.1, 0.15) is 6.79 Å². The van der Waals surface area contributed by atoms with Gasteiger partial charge in [-0.3, -0.25) is 0 Å². The first-order valence-corrected chi connectivity index (χ1v) is 4.50. The molecule has 0 saturated heterocycles. The molecule has 1 heterocycles. The Kier molecular flexibility index (Phi) is 4.16. The zero-order valence-corrected chi connectivity index (χ0v) is 8.55. The Morgan fingerprint density at radius 3 is 2.40 bits per heavy atom. The first kappa shape index (κ1) is 11.0. The van der Waals surface area contributed by atoms with E-state index in [0.29, 0.717) is 0 Å². The van der Waals surface area contributed by atoms with Gasteiger partial charge in [0.2, 0.25) is 0 Å². The zero-order chi connectivity index (χ0) is 11.1. The average molecular weight is 200 g/mol. The summed E-state index contributed by atoms with van der Waals surface area (Å²) in [5.41, 5.74) is 3.17. The van der Waals surface area contributed by atoms with Gasteiger partial charge in [-0.1, -0.05) is 30.3 Å². The first-order chi connectivity index (χ1) is 7.36. The summed E-state index contributed by atoms with van der Waals surface area (Å²) in [4.78, 5) is 8.00. The summed E-state index contributed by atoms with van der Waals surface area (Å²) in [6.07, 6.45) is 1.76. The minimum absolute atomic E-state index is 0.931.